The van der Waals surface area contributed by atoms with Crippen LogP contribution in [0.25, 0.3) is 10.9 Å². The first kappa shape index (κ1) is 79.0. The molecular weight excluding hydrogens is 1300 g/mol. The summed E-state index contributed by atoms with van der Waals surface area (Å²) in [6.45, 7) is 0.385. The maximum Gasteiger partial charge on any atom is 0.323 e. The Morgan fingerprint density at radius 2 is 1.21 bits per heavy atom. The molecule has 0 saturated heterocycles. The highest BCUT2D eigenvalue weighted by Gasteiger charge is 2.31. The Morgan fingerprint density at radius 1 is 0.663 bits per heavy atom. The molecule has 0 bridgehead atoms. The van der Waals surface area contributed by atoms with Gasteiger partial charge in [-0.1, -0.05) is 6.07 Å². The van der Waals surface area contributed by atoms with Gasteiger partial charge >= 0.3 is 29.8 Å². The third kappa shape index (κ3) is 30.3. The number of sulfonamides is 1. The number of fused-ring (bicyclic) bond motifs is 1. The predicted molar refractivity (Wildman–Crippen MR) is 340 cm³/mol. The van der Waals surface area contributed by atoms with Crippen molar-refractivity contribution in [3.05, 3.63) is 81.4 Å². The number of ether oxygens (including phenoxy) is 4. The van der Waals surface area contributed by atoms with Crippen LogP contribution < -0.4 is 41.5 Å². The van der Waals surface area contributed by atoms with Gasteiger partial charge in [-0.05, 0) is 74.1 Å². The lowest BCUT2D eigenvalue weighted by molar-refractivity contribution is -0.143. The van der Waals surface area contributed by atoms with E-state index in [4.69, 9.17) is 29.2 Å². The summed E-state index contributed by atoms with van der Waals surface area (Å²) in [6, 6.07) is 4.49. The molecule has 0 aliphatic carbocycles. The molecule has 2 heterocycles. The first-order valence-corrected chi connectivity index (χ1v) is 32.8. The Hall–Kier alpha value is -8.41. The number of carboxylic acids is 5. The molecule has 38 heteroatoms. The molecule has 0 radical (unpaired) electrons. The van der Waals surface area contributed by atoms with Crippen LogP contribution >= 0.6 is 10.9 Å². The van der Waals surface area contributed by atoms with E-state index in [1.807, 2.05) is 0 Å². The van der Waals surface area contributed by atoms with Gasteiger partial charge in [-0.25, -0.2) is 13.4 Å². The molecule has 2 aromatic carbocycles. The number of hydrogen-bond donors (Lipinski definition) is 15. The van der Waals surface area contributed by atoms with Crippen LogP contribution in [0.4, 0.5) is 5.95 Å². The van der Waals surface area contributed by atoms with Crippen LogP contribution in [-0.4, -0.2) is 273 Å². The fraction of sp³-hybridized carbons (Fsp3) is 0.526. The number of anilines is 1. The SMILES string of the molecule is Cc1cc(OCCCC(=O)NCCCOCCOCCOCCCNC(=O)[C@@H](CS(O)(O)O)NC(=O)CN(CCN(CCN(CC(=O)O)CC(=O)O)CC(=O)O)CC(=O)O)cc(C)c1S(=O)(=O)N[C@@H](CNC(=O)c1cn(C)c2cc(CNc3ncc[nH]3)ccc2c1=O)C(=O)O. The van der Waals surface area contributed by atoms with Gasteiger partial charge in [0, 0.05) is 103 Å². The molecular formula is C57H84N12O24S2. The van der Waals surface area contributed by atoms with Crippen molar-refractivity contribution in [1.82, 2.24) is 55.2 Å². The molecule has 95 heavy (non-hydrogen) atoms. The summed E-state index contributed by atoms with van der Waals surface area (Å²) in [5, 5.41) is 60.2. The van der Waals surface area contributed by atoms with E-state index < -0.39 is 131 Å². The number of aromatic nitrogens is 3. The van der Waals surface area contributed by atoms with Crippen LogP contribution in [0.2, 0.25) is 0 Å². The van der Waals surface area contributed by atoms with Crippen molar-refractivity contribution >= 4 is 91.2 Å². The number of rotatable bonds is 49. The van der Waals surface area contributed by atoms with Gasteiger partial charge < -0.3 is 94.3 Å². The van der Waals surface area contributed by atoms with Crippen molar-refractivity contribution in [1.29, 1.82) is 0 Å². The highest BCUT2D eigenvalue weighted by atomic mass is 32.3. The number of H-pyrrole nitrogens is 1. The molecule has 36 nitrogen and oxygen atoms in total. The molecule has 2 atom stereocenters. The standard InChI is InChI=1S/C57H84N12O24S2/c1-37-25-40(26-38(2)53(37)95(88,89)65-43(56(83)84)29-62-54(81)42-30-66(3)45-27-39(8-9-41(45)52(42)80)28-63-57-60-12-13-61-57)93-20-4-7-46(70)58-10-5-18-90-21-23-92-24-22-91-19-6-11-59-55(82)44(36-94(85,86)87)64-47(71)31-68(33-49(74)75)16-14-67(32-48(72)73)15-17-69(34-50(76)77)35-51(78)79/h8-9,12-13,25-27,30,43-44,65,85-87H,4-7,10-11,14-24,28-29,31-36H2,1-3H3,(H,58,70)(H,59,82)(H,62,81)(H,64,71)(H,72,73)(H,74,75)(H,76,77)(H,78,79)(H,83,84)(H2,60,61,63)/t43-,44+/m0/s1. The van der Waals surface area contributed by atoms with Gasteiger partial charge in [0.1, 0.15) is 23.4 Å². The molecule has 0 aliphatic rings. The Bertz CT molecular complexity index is 3370. The summed E-state index contributed by atoms with van der Waals surface area (Å²) in [7, 11) is -7.18. The van der Waals surface area contributed by atoms with E-state index in [0.29, 0.717) is 49.8 Å². The third-order valence-electron chi connectivity index (χ3n) is 13.6. The van der Waals surface area contributed by atoms with Gasteiger partial charge in [0.25, 0.3) is 5.91 Å². The second-order valence-electron chi connectivity index (χ2n) is 21.6. The maximum absolute atomic E-state index is 13.6. The average molecular weight is 1390 g/mol. The molecule has 0 fully saturated rings. The van der Waals surface area contributed by atoms with Crippen LogP contribution in [-0.2, 0) is 76.2 Å². The van der Waals surface area contributed by atoms with Crippen LogP contribution in [0.3, 0.4) is 0 Å². The van der Waals surface area contributed by atoms with Crippen molar-refractivity contribution in [2.75, 3.05) is 136 Å². The molecule has 0 saturated carbocycles. The molecule has 2 aromatic heterocycles. The minimum Gasteiger partial charge on any atom is -0.494 e. The summed E-state index contributed by atoms with van der Waals surface area (Å²) >= 11 is 0. The average Bonchev–Trinajstić information content (AvgIpc) is 0.973. The number of amides is 4. The first-order valence-electron chi connectivity index (χ1n) is 29.6. The van der Waals surface area contributed by atoms with E-state index in [9.17, 15) is 85.3 Å². The van der Waals surface area contributed by atoms with E-state index in [2.05, 4.69) is 41.3 Å². The molecule has 4 rings (SSSR count). The molecule has 4 amide bonds. The van der Waals surface area contributed by atoms with Crippen molar-refractivity contribution in [2.24, 2.45) is 7.05 Å². The fourth-order valence-electron chi connectivity index (χ4n) is 9.32. The lowest BCUT2D eigenvalue weighted by atomic mass is 10.1. The van der Waals surface area contributed by atoms with E-state index in [1.165, 1.54) is 37.1 Å². The van der Waals surface area contributed by atoms with E-state index in [1.54, 1.807) is 42.2 Å². The summed E-state index contributed by atoms with van der Waals surface area (Å²) < 4.78 is 82.4. The maximum atomic E-state index is 13.6. The number of carbonyl (C=O) groups excluding carboxylic acids is 4. The molecule has 528 valence electrons. The zero-order chi connectivity index (χ0) is 70.3. The van der Waals surface area contributed by atoms with E-state index >= 15 is 0 Å². The predicted octanol–water partition coefficient (Wildman–Crippen LogP) is -1.17. The number of benzene rings is 2. The number of nitrogens with one attached hydrogen (secondary N) is 7. The lowest BCUT2D eigenvalue weighted by Crippen LogP contribution is -2.53. The van der Waals surface area contributed by atoms with Crippen molar-refractivity contribution in [2.45, 2.75) is 63.1 Å². The number of carbonyl (C=O) groups is 9. The number of aliphatic carboxylic acids is 5. The number of nitrogens with zero attached hydrogens (tertiary/aromatic N) is 5. The second-order valence-corrected chi connectivity index (χ2v) is 24.8. The van der Waals surface area contributed by atoms with Crippen LogP contribution in [0.5, 0.6) is 5.75 Å². The zero-order valence-corrected chi connectivity index (χ0v) is 54.2. The van der Waals surface area contributed by atoms with Gasteiger partial charge in [-0.3, -0.25) is 62.6 Å². The van der Waals surface area contributed by atoms with Gasteiger partial charge in [0.15, 0.2) is 5.95 Å². The Balaban J connectivity index is 1.06. The second kappa shape index (κ2) is 40.1. The summed E-state index contributed by atoms with van der Waals surface area (Å²) in [5.74, 6) is -10.1. The van der Waals surface area contributed by atoms with Crippen molar-refractivity contribution < 1.29 is 110 Å². The van der Waals surface area contributed by atoms with Crippen LogP contribution in [0.15, 0.2) is 58.6 Å². The molecule has 0 unspecified atom stereocenters. The van der Waals surface area contributed by atoms with Gasteiger partial charge in [0.2, 0.25) is 33.2 Å². The highest BCUT2D eigenvalue weighted by molar-refractivity contribution is 8.19. The van der Waals surface area contributed by atoms with Crippen LogP contribution in [0.1, 0.15) is 52.7 Å². The van der Waals surface area contributed by atoms with Crippen molar-refractivity contribution in [3.8, 4) is 5.75 Å². The summed E-state index contributed by atoms with van der Waals surface area (Å²) in [6.07, 6.45) is 5.79. The first-order chi connectivity index (χ1) is 44.9. The summed E-state index contributed by atoms with van der Waals surface area (Å²) in [4.78, 5) is 133. The normalized spacial score (nSPS) is 12.5. The summed E-state index contributed by atoms with van der Waals surface area (Å²) in [5.41, 5.74) is 0.962. The van der Waals surface area contributed by atoms with Gasteiger partial charge in [-0.15, -0.1) is 0 Å². The highest BCUT2D eigenvalue weighted by Crippen LogP contribution is 2.33. The fourth-order valence-corrected chi connectivity index (χ4v) is 11.6. The van der Waals surface area contributed by atoms with E-state index in [0.717, 1.165) is 15.4 Å². The molecule has 4 aromatic rings. The number of pyridine rings is 1. The topological polar surface area (TPSA) is 519 Å². The minimum atomic E-state index is -4.49. The van der Waals surface area contributed by atoms with Gasteiger partial charge in [-0.2, -0.15) is 4.72 Å². The minimum absolute atomic E-state index is 0.0142. The number of aromatic amines is 1. The Morgan fingerprint density at radius 3 is 1.76 bits per heavy atom. The third-order valence-corrected chi connectivity index (χ3v) is 16.2. The van der Waals surface area contributed by atoms with Crippen molar-refractivity contribution in [3.63, 3.8) is 0 Å². The van der Waals surface area contributed by atoms with Gasteiger partial charge in [0.05, 0.1) is 92.8 Å². The largest absolute Gasteiger partial charge is 0.494 e. The molecule has 0 aliphatic heterocycles. The zero-order valence-electron chi connectivity index (χ0n) is 52.6. The Kier molecular flexibility index (Phi) is 33.4. The molecule has 15 N–H and O–H groups in total. The molecule has 0 spiro atoms. The number of imidazole rings is 1. The van der Waals surface area contributed by atoms with E-state index in [-0.39, 0.29) is 118 Å². The lowest BCUT2D eigenvalue weighted by Gasteiger charge is -2.29. The number of hydrogen-bond acceptors (Lipinski definition) is 24. The van der Waals surface area contributed by atoms with Crippen LogP contribution in [0, 0.1) is 13.8 Å². The smallest absolute Gasteiger partial charge is 0.323 e. The monoisotopic (exact) mass is 1380 g/mol. The number of aryl methyl sites for hydroxylation is 3. The number of carboxylic acid groups (broad SMARTS) is 5. The quantitative estimate of drug-likeness (QED) is 0.0232. The Labute approximate surface area is 547 Å².